The summed E-state index contributed by atoms with van der Waals surface area (Å²) in [6.45, 7) is 8.56. The third kappa shape index (κ3) is 4.90. The van der Waals surface area contributed by atoms with Crippen LogP contribution >= 0.6 is 12.2 Å². The molecule has 0 unspecified atom stereocenters. The number of anilines is 4. The lowest BCUT2D eigenvalue weighted by Crippen LogP contribution is -2.25. The van der Waals surface area contributed by atoms with Gasteiger partial charge in [0.25, 0.3) is 0 Å². The quantitative estimate of drug-likeness (QED) is 0.477. The Labute approximate surface area is 173 Å². The lowest BCUT2D eigenvalue weighted by molar-refractivity contribution is 0.789. The Morgan fingerprint density at radius 2 is 1.46 bits per heavy atom. The van der Waals surface area contributed by atoms with Crippen molar-refractivity contribution in [2.24, 2.45) is 0 Å². The Balaban J connectivity index is 1.70. The summed E-state index contributed by atoms with van der Waals surface area (Å²) in [6.07, 6.45) is 0. The van der Waals surface area contributed by atoms with Crippen molar-refractivity contribution in [3.8, 4) is 0 Å². The molecule has 0 aliphatic rings. The second kappa shape index (κ2) is 8.89. The van der Waals surface area contributed by atoms with Crippen LogP contribution in [0.25, 0.3) is 0 Å². The predicted octanol–water partition coefficient (Wildman–Crippen LogP) is 6.66. The molecule has 28 heavy (non-hydrogen) atoms. The van der Waals surface area contributed by atoms with Gasteiger partial charge in [-0.3, -0.25) is 0 Å². The third-order valence-corrected chi connectivity index (χ3v) is 4.79. The van der Waals surface area contributed by atoms with E-state index in [1.165, 1.54) is 16.8 Å². The van der Waals surface area contributed by atoms with Crippen LogP contribution in [0, 0.1) is 13.8 Å². The molecule has 0 spiro atoms. The average molecular weight is 390 g/mol. The summed E-state index contributed by atoms with van der Waals surface area (Å²) >= 11 is 5.48. The summed E-state index contributed by atoms with van der Waals surface area (Å²) < 4.78 is 0. The van der Waals surface area contributed by atoms with E-state index >= 15 is 0 Å². The zero-order valence-corrected chi connectivity index (χ0v) is 17.7. The highest BCUT2D eigenvalue weighted by molar-refractivity contribution is 7.80. The maximum Gasteiger partial charge on any atom is 0.175 e. The van der Waals surface area contributed by atoms with Crippen molar-refractivity contribution < 1.29 is 0 Å². The molecular formula is C24H27N3S. The smallest absolute Gasteiger partial charge is 0.175 e. The molecule has 0 saturated heterocycles. The average Bonchev–Trinajstić information content (AvgIpc) is 2.66. The molecule has 3 aromatic carbocycles. The summed E-state index contributed by atoms with van der Waals surface area (Å²) in [6, 6.07) is 25.4. The molecule has 0 aromatic heterocycles. The van der Waals surface area contributed by atoms with Gasteiger partial charge in [-0.2, -0.15) is 0 Å². The van der Waals surface area contributed by atoms with Crippen molar-refractivity contribution in [2.45, 2.75) is 33.7 Å². The van der Waals surface area contributed by atoms with Crippen LogP contribution in [0.15, 0.2) is 72.8 Å². The molecule has 0 fully saturated rings. The number of hydrogen-bond acceptors (Lipinski definition) is 2. The minimum absolute atomic E-state index is 0.355. The Kier molecular flexibility index (Phi) is 6.32. The molecule has 3 nitrogen and oxygen atoms in total. The molecule has 144 valence electrons. The Hall–Kier alpha value is -2.85. The molecule has 0 bridgehead atoms. The zero-order chi connectivity index (χ0) is 20.1. The number of aryl methyl sites for hydroxylation is 2. The minimum Gasteiger partial charge on any atom is -0.339 e. The number of para-hydroxylation sites is 1. The topological polar surface area (TPSA) is 27.3 Å². The Morgan fingerprint density at radius 1 is 0.821 bits per heavy atom. The van der Waals surface area contributed by atoms with Crippen molar-refractivity contribution in [1.82, 2.24) is 0 Å². The molecule has 4 heteroatoms. The van der Waals surface area contributed by atoms with Crippen molar-refractivity contribution in [1.29, 1.82) is 0 Å². The van der Waals surface area contributed by atoms with Crippen molar-refractivity contribution in [3.05, 3.63) is 83.9 Å². The summed E-state index contributed by atoms with van der Waals surface area (Å²) in [7, 11) is 0. The van der Waals surface area contributed by atoms with Crippen LogP contribution in [0.3, 0.4) is 0 Å². The van der Waals surface area contributed by atoms with Crippen molar-refractivity contribution >= 4 is 40.1 Å². The van der Waals surface area contributed by atoms with E-state index in [-0.39, 0.29) is 0 Å². The summed E-state index contributed by atoms with van der Waals surface area (Å²) in [5, 5.41) is 7.13. The van der Waals surface area contributed by atoms with E-state index in [0.29, 0.717) is 11.2 Å². The van der Waals surface area contributed by atoms with E-state index in [4.69, 9.17) is 12.2 Å². The van der Waals surface area contributed by atoms with E-state index in [2.05, 4.69) is 110 Å². The molecule has 0 amide bonds. The first-order valence-corrected chi connectivity index (χ1v) is 9.94. The standard InChI is InChI=1S/C24H27N3S/c1-17(2)27(21-8-6-5-7-9-21)22-13-11-20(12-14-22)25-24(28)26-23-15-10-18(3)16-19(23)4/h5-17H,1-4H3,(H2,25,26,28). The highest BCUT2D eigenvalue weighted by atomic mass is 32.1. The van der Waals surface area contributed by atoms with Gasteiger partial charge in [-0.25, -0.2) is 0 Å². The van der Waals surface area contributed by atoms with Gasteiger partial charge in [0.15, 0.2) is 5.11 Å². The van der Waals surface area contributed by atoms with E-state index < -0.39 is 0 Å². The number of hydrogen-bond donors (Lipinski definition) is 2. The second-order valence-electron chi connectivity index (χ2n) is 7.24. The molecule has 0 aliphatic heterocycles. The normalized spacial score (nSPS) is 10.6. The lowest BCUT2D eigenvalue weighted by atomic mass is 10.1. The second-order valence-corrected chi connectivity index (χ2v) is 7.65. The molecule has 0 heterocycles. The van der Waals surface area contributed by atoms with E-state index in [9.17, 15) is 0 Å². The van der Waals surface area contributed by atoms with Crippen LogP contribution < -0.4 is 15.5 Å². The Bertz CT molecular complexity index is 934. The maximum absolute atomic E-state index is 5.48. The van der Waals surface area contributed by atoms with E-state index in [1.54, 1.807) is 0 Å². The molecule has 0 atom stereocenters. The number of nitrogens with one attached hydrogen (secondary N) is 2. The highest BCUT2D eigenvalue weighted by Gasteiger charge is 2.12. The molecule has 0 saturated carbocycles. The van der Waals surface area contributed by atoms with Gasteiger partial charge in [0.05, 0.1) is 0 Å². The fourth-order valence-corrected chi connectivity index (χ4v) is 3.51. The SMILES string of the molecule is Cc1ccc(NC(=S)Nc2ccc(N(c3ccccc3)C(C)C)cc2)c(C)c1. The fraction of sp³-hybridized carbons (Fsp3) is 0.208. The van der Waals surface area contributed by atoms with Crippen molar-refractivity contribution in [2.75, 3.05) is 15.5 Å². The number of thiocarbonyl (C=S) groups is 1. The van der Waals surface area contributed by atoms with Crippen LogP contribution in [0.4, 0.5) is 22.7 Å². The highest BCUT2D eigenvalue weighted by Crippen LogP contribution is 2.28. The maximum atomic E-state index is 5.48. The van der Waals surface area contributed by atoms with Gasteiger partial charge >= 0.3 is 0 Å². The first-order chi connectivity index (χ1) is 13.4. The summed E-state index contributed by atoms with van der Waals surface area (Å²) in [5.74, 6) is 0. The molecule has 2 N–H and O–H groups in total. The summed E-state index contributed by atoms with van der Waals surface area (Å²) in [5.41, 5.74) is 6.74. The summed E-state index contributed by atoms with van der Waals surface area (Å²) in [4.78, 5) is 2.32. The van der Waals surface area contributed by atoms with Gasteiger partial charge in [-0.1, -0.05) is 35.9 Å². The molecule has 3 rings (SSSR count). The minimum atomic E-state index is 0.355. The van der Waals surface area contributed by atoms with Crippen LogP contribution in [-0.2, 0) is 0 Å². The van der Waals surface area contributed by atoms with Crippen LogP contribution in [0.5, 0.6) is 0 Å². The number of benzene rings is 3. The largest absolute Gasteiger partial charge is 0.339 e. The van der Waals surface area contributed by atoms with Gasteiger partial charge in [-0.05, 0) is 87.9 Å². The van der Waals surface area contributed by atoms with Gasteiger partial charge in [0.2, 0.25) is 0 Å². The van der Waals surface area contributed by atoms with Crippen LogP contribution in [-0.4, -0.2) is 11.2 Å². The molecule has 0 radical (unpaired) electrons. The molecule has 0 aliphatic carbocycles. The van der Waals surface area contributed by atoms with Gasteiger partial charge in [-0.15, -0.1) is 0 Å². The van der Waals surface area contributed by atoms with Gasteiger partial charge in [0, 0.05) is 28.8 Å². The Morgan fingerprint density at radius 3 is 2.07 bits per heavy atom. The fourth-order valence-electron chi connectivity index (χ4n) is 3.28. The molecule has 3 aromatic rings. The first kappa shape index (κ1) is 19.9. The van der Waals surface area contributed by atoms with Gasteiger partial charge in [0.1, 0.15) is 0 Å². The molecular weight excluding hydrogens is 362 g/mol. The predicted molar refractivity (Wildman–Crippen MR) is 126 cm³/mol. The van der Waals surface area contributed by atoms with Crippen molar-refractivity contribution in [3.63, 3.8) is 0 Å². The third-order valence-electron chi connectivity index (χ3n) is 4.58. The van der Waals surface area contributed by atoms with Gasteiger partial charge < -0.3 is 15.5 Å². The lowest BCUT2D eigenvalue weighted by Gasteiger charge is -2.29. The number of rotatable bonds is 5. The van der Waals surface area contributed by atoms with E-state index in [0.717, 1.165) is 17.1 Å². The van der Waals surface area contributed by atoms with E-state index in [1.807, 2.05) is 6.07 Å². The van der Waals surface area contributed by atoms with Crippen LogP contribution in [0.2, 0.25) is 0 Å². The van der Waals surface area contributed by atoms with Crippen LogP contribution in [0.1, 0.15) is 25.0 Å². The number of nitrogens with zero attached hydrogens (tertiary/aromatic N) is 1. The monoisotopic (exact) mass is 389 g/mol. The zero-order valence-electron chi connectivity index (χ0n) is 16.9. The first-order valence-electron chi connectivity index (χ1n) is 9.53.